The average Bonchev–Trinajstić information content (AvgIpc) is 3.24. The lowest BCUT2D eigenvalue weighted by atomic mass is 10.2. The van der Waals surface area contributed by atoms with E-state index in [1.807, 2.05) is 24.3 Å². The van der Waals surface area contributed by atoms with E-state index in [1.54, 1.807) is 0 Å². The Balaban J connectivity index is 1.54. The summed E-state index contributed by atoms with van der Waals surface area (Å²) in [5, 5.41) is 13.0. The Morgan fingerprint density at radius 1 is 1.08 bits per heavy atom. The number of fused-ring (bicyclic) bond motifs is 2. The number of ether oxygens (including phenoxy) is 2. The quantitative estimate of drug-likeness (QED) is 0.538. The van der Waals surface area contributed by atoms with E-state index >= 15 is 0 Å². The second-order valence-corrected chi connectivity index (χ2v) is 6.63. The van der Waals surface area contributed by atoms with Gasteiger partial charge >= 0.3 is 0 Å². The molecule has 0 bridgehead atoms. The van der Waals surface area contributed by atoms with E-state index in [4.69, 9.17) is 9.47 Å². The van der Waals surface area contributed by atoms with Crippen molar-refractivity contribution in [3.05, 3.63) is 59.1 Å². The Morgan fingerprint density at radius 2 is 1.92 bits per heavy atom. The number of rotatable bonds is 2. The summed E-state index contributed by atoms with van der Waals surface area (Å²) in [4.78, 5) is 0.459. The van der Waals surface area contributed by atoms with Crippen LogP contribution in [-0.2, 0) is 0 Å². The van der Waals surface area contributed by atoms with Gasteiger partial charge in [-0.3, -0.25) is 0 Å². The maximum absolute atomic E-state index is 14.1. The lowest BCUT2D eigenvalue weighted by Crippen LogP contribution is -2.21. The van der Waals surface area contributed by atoms with Gasteiger partial charge in [-0.2, -0.15) is 9.61 Å². The highest BCUT2D eigenvalue weighted by Crippen LogP contribution is 2.37. The molecule has 0 unspecified atom stereocenters. The smallest absolute Gasteiger partial charge is 0.235 e. The summed E-state index contributed by atoms with van der Waals surface area (Å²) < 4.78 is 40.6. The summed E-state index contributed by atoms with van der Waals surface area (Å²) in [6, 6.07) is 10.5. The van der Waals surface area contributed by atoms with Crippen LogP contribution in [0.15, 0.2) is 42.5 Å². The van der Waals surface area contributed by atoms with Crippen LogP contribution in [0.2, 0.25) is 0 Å². The third kappa shape index (κ3) is 2.39. The minimum Gasteiger partial charge on any atom is -0.485 e. The van der Waals surface area contributed by atoms with E-state index in [1.165, 1.54) is 15.9 Å². The third-order valence-corrected chi connectivity index (χ3v) is 4.95. The summed E-state index contributed by atoms with van der Waals surface area (Å²) in [6.45, 7) is 0.296. The van der Waals surface area contributed by atoms with Crippen LogP contribution >= 0.6 is 11.3 Å². The van der Waals surface area contributed by atoms with Gasteiger partial charge in [-0.1, -0.05) is 23.5 Å². The van der Waals surface area contributed by atoms with E-state index in [-0.39, 0.29) is 11.4 Å². The van der Waals surface area contributed by atoms with Gasteiger partial charge in [0, 0.05) is 0 Å². The number of para-hydroxylation sites is 2. The molecule has 6 nitrogen and oxygen atoms in total. The molecule has 0 fully saturated rings. The van der Waals surface area contributed by atoms with Crippen molar-refractivity contribution in [3.63, 3.8) is 0 Å². The van der Waals surface area contributed by atoms with Crippen LogP contribution in [0.1, 0.15) is 11.1 Å². The van der Waals surface area contributed by atoms with E-state index in [2.05, 4.69) is 15.3 Å². The minimum atomic E-state index is -0.596. The van der Waals surface area contributed by atoms with Gasteiger partial charge in [0.1, 0.15) is 18.2 Å². The van der Waals surface area contributed by atoms with Crippen molar-refractivity contribution >= 4 is 16.3 Å². The fourth-order valence-corrected chi connectivity index (χ4v) is 3.59. The molecule has 26 heavy (non-hydrogen) atoms. The van der Waals surface area contributed by atoms with Crippen LogP contribution in [0.5, 0.6) is 11.5 Å². The summed E-state index contributed by atoms with van der Waals surface area (Å²) in [7, 11) is 0. The number of aromatic nitrogens is 4. The minimum absolute atomic E-state index is 0.000471. The monoisotopic (exact) mass is 372 g/mol. The molecule has 2 aromatic carbocycles. The number of halogens is 2. The van der Waals surface area contributed by atoms with Crippen molar-refractivity contribution in [3.8, 4) is 22.9 Å². The molecule has 4 aromatic rings. The number of hydrogen-bond donors (Lipinski definition) is 0. The molecule has 130 valence electrons. The van der Waals surface area contributed by atoms with Crippen LogP contribution in [-0.4, -0.2) is 26.4 Å². The SMILES string of the molecule is Fc1ccc(F)c(-c2nnc3sc([C@H]4COc5ccccc5O4)nn23)c1. The van der Waals surface area contributed by atoms with Crippen molar-refractivity contribution in [2.75, 3.05) is 6.61 Å². The van der Waals surface area contributed by atoms with Crippen LogP contribution in [0, 0.1) is 11.6 Å². The van der Waals surface area contributed by atoms with Crippen LogP contribution < -0.4 is 9.47 Å². The number of nitrogens with zero attached hydrogens (tertiary/aromatic N) is 4. The largest absolute Gasteiger partial charge is 0.485 e. The average molecular weight is 372 g/mol. The maximum atomic E-state index is 14.1. The molecule has 2 aromatic heterocycles. The Bertz CT molecular complexity index is 1130. The van der Waals surface area contributed by atoms with Crippen LogP contribution in [0.25, 0.3) is 16.3 Å². The van der Waals surface area contributed by atoms with Gasteiger partial charge in [-0.15, -0.1) is 10.2 Å². The maximum Gasteiger partial charge on any atom is 0.235 e. The zero-order valence-corrected chi connectivity index (χ0v) is 13.9. The number of hydrogen-bond acceptors (Lipinski definition) is 6. The van der Waals surface area contributed by atoms with Crippen LogP contribution in [0.4, 0.5) is 8.78 Å². The molecule has 0 radical (unpaired) electrons. The van der Waals surface area contributed by atoms with E-state index < -0.39 is 17.7 Å². The summed E-state index contributed by atoms with van der Waals surface area (Å²) in [5.74, 6) is 0.285. The molecular weight excluding hydrogens is 362 g/mol. The van der Waals surface area contributed by atoms with E-state index in [9.17, 15) is 8.78 Å². The molecule has 5 rings (SSSR count). The third-order valence-electron chi connectivity index (χ3n) is 3.96. The van der Waals surface area contributed by atoms with Crippen molar-refractivity contribution in [1.29, 1.82) is 0 Å². The lowest BCUT2D eigenvalue weighted by Gasteiger charge is -2.24. The Kier molecular flexibility index (Phi) is 3.35. The standard InChI is InChI=1S/C17H10F2N4O2S/c18-9-5-6-11(19)10(7-9)15-20-21-17-23(15)22-16(26-17)14-8-24-12-3-1-2-4-13(12)25-14/h1-7,14H,8H2/t14-/m1/s1. The predicted molar refractivity (Wildman–Crippen MR) is 89.3 cm³/mol. The first-order chi connectivity index (χ1) is 12.7. The topological polar surface area (TPSA) is 61.5 Å². The predicted octanol–water partition coefficient (Wildman–Crippen LogP) is 3.64. The number of benzene rings is 2. The highest BCUT2D eigenvalue weighted by molar-refractivity contribution is 7.16. The molecule has 1 aliphatic rings. The highest BCUT2D eigenvalue weighted by Gasteiger charge is 2.27. The van der Waals surface area contributed by atoms with Crippen molar-refractivity contribution in [2.24, 2.45) is 0 Å². The molecule has 9 heteroatoms. The van der Waals surface area contributed by atoms with Crippen molar-refractivity contribution in [2.45, 2.75) is 6.10 Å². The highest BCUT2D eigenvalue weighted by atomic mass is 32.1. The first-order valence-corrected chi connectivity index (χ1v) is 8.57. The second-order valence-electron chi connectivity index (χ2n) is 5.65. The lowest BCUT2D eigenvalue weighted by molar-refractivity contribution is 0.0904. The van der Waals surface area contributed by atoms with Crippen molar-refractivity contribution < 1.29 is 18.3 Å². The Hall–Kier alpha value is -3.07. The fraction of sp³-hybridized carbons (Fsp3) is 0.118. The van der Waals surface area contributed by atoms with Gasteiger partial charge < -0.3 is 9.47 Å². The first kappa shape index (κ1) is 15.2. The van der Waals surface area contributed by atoms with Gasteiger partial charge in [0.2, 0.25) is 4.96 Å². The zero-order chi connectivity index (χ0) is 17.7. The molecule has 0 saturated carbocycles. The molecule has 1 atom stereocenters. The second kappa shape index (κ2) is 5.73. The molecule has 0 N–H and O–H groups in total. The van der Waals surface area contributed by atoms with Gasteiger partial charge in [0.15, 0.2) is 28.4 Å². The van der Waals surface area contributed by atoms with Crippen LogP contribution in [0.3, 0.4) is 0 Å². The molecule has 1 aliphatic heterocycles. The summed E-state index contributed by atoms with van der Waals surface area (Å²) >= 11 is 1.26. The zero-order valence-electron chi connectivity index (χ0n) is 13.1. The molecular formula is C17H10F2N4O2S. The molecule has 0 saturated heterocycles. The van der Waals surface area contributed by atoms with Gasteiger partial charge in [0.05, 0.1) is 5.56 Å². The fourth-order valence-electron chi connectivity index (χ4n) is 2.74. The van der Waals surface area contributed by atoms with E-state index in [0.717, 1.165) is 18.2 Å². The molecule has 0 amide bonds. The molecule has 3 heterocycles. The van der Waals surface area contributed by atoms with Gasteiger partial charge in [-0.25, -0.2) is 8.78 Å². The first-order valence-electron chi connectivity index (χ1n) is 7.75. The Labute approximate surface area is 149 Å². The van der Waals surface area contributed by atoms with Crippen molar-refractivity contribution in [1.82, 2.24) is 19.8 Å². The Morgan fingerprint density at radius 3 is 2.81 bits per heavy atom. The summed E-state index contributed by atoms with van der Waals surface area (Å²) in [5.41, 5.74) is 0.000471. The van der Waals surface area contributed by atoms with Gasteiger partial charge in [-0.05, 0) is 30.3 Å². The molecule has 0 spiro atoms. The van der Waals surface area contributed by atoms with Gasteiger partial charge in [0.25, 0.3) is 0 Å². The van der Waals surface area contributed by atoms with E-state index in [0.29, 0.717) is 28.1 Å². The summed E-state index contributed by atoms with van der Waals surface area (Å²) in [6.07, 6.45) is -0.415. The molecule has 0 aliphatic carbocycles. The normalized spacial score (nSPS) is 16.2.